The van der Waals surface area contributed by atoms with E-state index >= 15 is 0 Å². The first-order valence-corrected chi connectivity index (χ1v) is 10.1. The number of halogens is 1. The highest BCUT2D eigenvalue weighted by Crippen LogP contribution is 2.22. The lowest BCUT2D eigenvalue weighted by Gasteiger charge is -2.35. The van der Waals surface area contributed by atoms with Crippen LogP contribution in [0.3, 0.4) is 0 Å². The van der Waals surface area contributed by atoms with Gasteiger partial charge in [-0.2, -0.15) is 0 Å². The Morgan fingerprint density at radius 3 is 2.39 bits per heavy atom. The molecule has 0 aliphatic carbocycles. The Balaban J connectivity index is 1.41. The zero-order chi connectivity index (χ0) is 19.5. The lowest BCUT2D eigenvalue weighted by Crippen LogP contribution is -2.49. The topological polar surface area (TPSA) is 49.3 Å². The first-order valence-electron chi connectivity index (χ1n) is 9.31. The van der Waals surface area contributed by atoms with Gasteiger partial charge in [0, 0.05) is 41.8 Å². The van der Waals surface area contributed by atoms with Gasteiger partial charge in [0.2, 0.25) is 0 Å². The van der Waals surface area contributed by atoms with Crippen molar-refractivity contribution in [2.24, 2.45) is 0 Å². The number of rotatable bonds is 3. The molecule has 0 saturated carbocycles. The van der Waals surface area contributed by atoms with Gasteiger partial charge in [0.1, 0.15) is 0 Å². The monoisotopic (exact) mass is 436 g/mol. The van der Waals surface area contributed by atoms with Gasteiger partial charge in [0.25, 0.3) is 5.91 Å². The minimum Gasteiger partial charge on any atom is -0.352 e. The maximum atomic E-state index is 12.7. The van der Waals surface area contributed by atoms with Crippen molar-refractivity contribution in [3.63, 3.8) is 0 Å². The van der Waals surface area contributed by atoms with E-state index in [-0.39, 0.29) is 5.91 Å². The molecule has 3 aromatic rings. The van der Waals surface area contributed by atoms with Crippen LogP contribution in [0.25, 0.3) is 11.3 Å². The summed E-state index contributed by atoms with van der Waals surface area (Å²) in [6.07, 6.45) is 0. The van der Waals surface area contributed by atoms with Gasteiger partial charge in [-0.15, -0.1) is 10.2 Å². The molecule has 1 aromatic heterocycles. The van der Waals surface area contributed by atoms with Crippen molar-refractivity contribution < 1.29 is 4.79 Å². The molecular weight excluding hydrogens is 416 g/mol. The molecule has 4 rings (SSSR count). The SMILES string of the molecule is Cc1ccccc1-c1ccc(N2CCN(C(=O)c3cccc(Br)c3)CC2)nn1. The summed E-state index contributed by atoms with van der Waals surface area (Å²) in [5.41, 5.74) is 3.88. The standard InChI is InChI=1S/C22H21BrN4O/c1-16-5-2-3-8-19(16)20-9-10-21(25-24-20)26-11-13-27(14-12-26)22(28)17-6-4-7-18(23)15-17/h2-10,15H,11-14H2,1H3. The third kappa shape index (κ3) is 3.92. The van der Waals surface area contributed by atoms with Gasteiger partial charge in [-0.1, -0.05) is 46.3 Å². The van der Waals surface area contributed by atoms with Crippen molar-refractivity contribution in [2.45, 2.75) is 6.92 Å². The highest BCUT2D eigenvalue weighted by molar-refractivity contribution is 9.10. The van der Waals surface area contributed by atoms with Gasteiger partial charge < -0.3 is 9.80 Å². The number of hydrogen-bond donors (Lipinski definition) is 0. The second kappa shape index (κ2) is 8.10. The lowest BCUT2D eigenvalue weighted by molar-refractivity contribution is 0.0746. The molecule has 6 heteroatoms. The molecule has 5 nitrogen and oxygen atoms in total. The highest BCUT2D eigenvalue weighted by atomic mass is 79.9. The Hall–Kier alpha value is -2.73. The molecule has 1 fully saturated rings. The quantitative estimate of drug-likeness (QED) is 0.617. The number of amides is 1. The maximum Gasteiger partial charge on any atom is 0.254 e. The van der Waals surface area contributed by atoms with E-state index in [2.05, 4.69) is 50.1 Å². The summed E-state index contributed by atoms with van der Waals surface area (Å²) in [5.74, 6) is 0.925. The van der Waals surface area contributed by atoms with Crippen molar-refractivity contribution in [3.05, 3.63) is 76.3 Å². The average Bonchev–Trinajstić information content (AvgIpc) is 2.74. The zero-order valence-corrected chi connectivity index (χ0v) is 17.3. The van der Waals surface area contributed by atoms with Gasteiger partial charge >= 0.3 is 0 Å². The van der Waals surface area contributed by atoms with E-state index in [1.165, 1.54) is 5.56 Å². The number of carbonyl (C=O) groups excluding carboxylic acids is 1. The summed E-state index contributed by atoms with van der Waals surface area (Å²) in [6, 6.07) is 19.7. The maximum absolute atomic E-state index is 12.7. The van der Waals surface area contributed by atoms with Gasteiger partial charge in [-0.3, -0.25) is 4.79 Å². The van der Waals surface area contributed by atoms with Gasteiger partial charge in [0.05, 0.1) is 5.69 Å². The molecule has 1 saturated heterocycles. The smallest absolute Gasteiger partial charge is 0.254 e. The van der Waals surface area contributed by atoms with Crippen LogP contribution in [0.4, 0.5) is 5.82 Å². The number of hydrogen-bond acceptors (Lipinski definition) is 4. The fourth-order valence-electron chi connectivity index (χ4n) is 3.44. The van der Waals surface area contributed by atoms with Crippen LogP contribution in [0.2, 0.25) is 0 Å². The molecule has 0 atom stereocenters. The second-order valence-corrected chi connectivity index (χ2v) is 7.80. The van der Waals surface area contributed by atoms with E-state index in [9.17, 15) is 4.79 Å². The Morgan fingerprint density at radius 2 is 1.71 bits per heavy atom. The fourth-order valence-corrected chi connectivity index (χ4v) is 3.84. The summed E-state index contributed by atoms with van der Waals surface area (Å²) in [5, 5.41) is 8.84. The predicted octanol–water partition coefficient (Wildman–Crippen LogP) is 4.18. The van der Waals surface area contributed by atoms with E-state index in [1.807, 2.05) is 53.4 Å². The summed E-state index contributed by atoms with van der Waals surface area (Å²) >= 11 is 3.43. The van der Waals surface area contributed by atoms with Crippen LogP contribution in [0.5, 0.6) is 0 Å². The molecule has 0 spiro atoms. The van der Waals surface area contributed by atoms with Gasteiger partial charge in [-0.25, -0.2) is 0 Å². The first-order chi connectivity index (χ1) is 13.6. The Morgan fingerprint density at radius 1 is 0.929 bits per heavy atom. The van der Waals surface area contributed by atoms with Crippen LogP contribution in [0.15, 0.2) is 65.1 Å². The molecular formula is C22H21BrN4O. The summed E-state index contributed by atoms with van der Waals surface area (Å²) < 4.78 is 0.918. The average molecular weight is 437 g/mol. The summed E-state index contributed by atoms with van der Waals surface area (Å²) in [4.78, 5) is 16.8. The minimum atomic E-state index is 0.0712. The van der Waals surface area contributed by atoms with E-state index in [0.717, 1.165) is 34.6 Å². The van der Waals surface area contributed by atoms with Crippen LogP contribution in [-0.4, -0.2) is 47.2 Å². The molecule has 0 radical (unpaired) electrons. The summed E-state index contributed by atoms with van der Waals surface area (Å²) in [7, 11) is 0. The normalized spacial score (nSPS) is 14.2. The van der Waals surface area contributed by atoms with Crippen LogP contribution in [0.1, 0.15) is 15.9 Å². The third-order valence-corrected chi connectivity index (χ3v) is 5.53. The van der Waals surface area contributed by atoms with Crippen molar-refractivity contribution in [1.29, 1.82) is 0 Å². The van der Waals surface area contributed by atoms with E-state index in [4.69, 9.17) is 0 Å². The molecule has 1 aliphatic heterocycles. The lowest BCUT2D eigenvalue weighted by atomic mass is 10.1. The number of nitrogens with zero attached hydrogens (tertiary/aromatic N) is 4. The number of anilines is 1. The number of piperazine rings is 1. The zero-order valence-electron chi connectivity index (χ0n) is 15.7. The Kier molecular flexibility index (Phi) is 5.39. The molecule has 1 aliphatic rings. The van der Waals surface area contributed by atoms with Crippen LogP contribution in [-0.2, 0) is 0 Å². The third-order valence-electron chi connectivity index (χ3n) is 5.03. The van der Waals surface area contributed by atoms with Gasteiger partial charge in [0.15, 0.2) is 5.82 Å². The van der Waals surface area contributed by atoms with E-state index in [1.54, 1.807) is 0 Å². The largest absolute Gasteiger partial charge is 0.352 e. The minimum absolute atomic E-state index is 0.0712. The number of aryl methyl sites for hydroxylation is 1. The van der Waals surface area contributed by atoms with E-state index < -0.39 is 0 Å². The molecule has 2 heterocycles. The highest BCUT2D eigenvalue weighted by Gasteiger charge is 2.23. The molecule has 28 heavy (non-hydrogen) atoms. The van der Waals surface area contributed by atoms with Crippen molar-refractivity contribution >= 4 is 27.7 Å². The Labute approximate surface area is 173 Å². The van der Waals surface area contributed by atoms with Crippen molar-refractivity contribution in [2.75, 3.05) is 31.1 Å². The van der Waals surface area contributed by atoms with Crippen molar-refractivity contribution in [1.82, 2.24) is 15.1 Å². The van der Waals surface area contributed by atoms with Crippen LogP contribution < -0.4 is 4.90 Å². The second-order valence-electron chi connectivity index (χ2n) is 6.88. The molecule has 0 N–H and O–H groups in total. The molecule has 142 valence electrons. The number of carbonyl (C=O) groups is 1. The van der Waals surface area contributed by atoms with E-state index in [0.29, 0.717) is 18.7 Å². The van der Waals surface area contributed by atoms with Crippen LogP contribution >= 0.6 is 15.9 Å². The molecule has 0 unspecified atom stereocenters. The van der Waals surface area contributed by atoms with Crippen LogP contribution in [0, 0.1) is 6.92 Å². The molecule has 1 amide bonds. The van der Waals surface area contributed by atoms with Gasteiger partial charge in [-0.05, 0) is 42.8 Å². The van der Waals surface area contributed by atoms with Crippen molar-refractivity contribution in [3.8, 4) is 11.3 Å². The Bertz CT molecular complexity index is 982. The predicted molar refractivity (Wildman–Crippen MR) is 114 cm³/mol. The molecule has 2 aromatic carbocycles. The summed E-state index contributed by atoms with van der Waals surface area (Å²) in [6.45, 7) is 4.92. The fraction of sp³-hybridized carbons (Fsp3) is 0.227. The number of aromatic nitrogens is 2. The number of benzene rings is 2. The first kappa shape index (κ1) is 18.6. The molecule has 0 bridgehead atoms.